The third kappa shape index (κ3) is 5.27. The number of carbonyl (C=O) groups is 2. The molecule has 0 unspecified atom stereocenters. The molecule has 0 bridgehead atoms. The fourth-order valence-corrected chi connectivity index (χ4v) is 1.60. The molecule has 0 aliphatic rings. The van der Waals surface area contributed by atoms with Gasteiger partial charge in [-0.05, 0) is 25.5 Å². The highest BCUT2D eigenvalue weighted by Crippen LogP contribution is 2.18. The van der Waals surface area contributed by atoms with Crippen LogP contribution >= 0.6 is 0 Å². The highest BCUT2D eigenvalue weighted by molar-refractivity contribution is 5.78. The van der Waals surface area contributed by atoms with Crippen molar-refractivity contribution in [3.63, 3.8) is 0 Å². The highest BCUT2D eigenvalue weighted by Gasteiger charge is 2.13. The van der Waals surface area contributed by atoms with Gasteiger partial charge in [-0.3, -0.25) is 4.79 Å². The molecular formula is C14H19NO5. The van der Waals surface area contributed by atoms with Crippen LogP contribution in [-0.4, -0.2) is 41.3 Å². The molecule has 110 valence electrons. The highest BCUT2D eigenvalue weighted by atomic mass is 16.5. The maximum Gasteiger partial charge on any atom is 0.334 e. The van der Waals surface area contributed by atoms with E-state index >= 15 is 0 Å². The molecule has 0 saturated carbocycles. The summed E-state index contributed by atoms with van der Waals surface area (Å²) in [6.45, 7) is 3.79. The van der Waals surface area contributed by atoms with Crippen molar-refractivity contribution in [3.8, 4) is 5.75 Å². The first-order valence-corrected chi connectivity index (χ1v) is 6.27. The number of carboxylic acid groups (broad SMARTS) is 1. The first-order chi connectivity index (χ1) is 9.40. The molecule has 0 aliphatic heterocycles. The van der Waals surface area contributed by atoms with Crippen LogP contribution < -0.4 is 10.1 Å². The molecule has 1 rings (SSSR count). The maximum atomic E-state index is 11.4. The van der Waals surface area contributed by atoms with Gasteiger partial charge in [0.15, 0.2) is 6.10 Å². The van der Waals surface area contributed by atoms with E-state index in [1.807, 2.05) is 32.0 Å². The molecule has 6 nitrogen and oxygen atoms in total. The Morgan fingerprint density at radius 3 is 2.65 bits per heavy atom. The third-order valence-electron chi connectivity index (χ3n) is 2.69. The smallest absolute Gasteiger partial charge is 0.334 e. The lowest BCUT2D eigenvalue weighted by molar-refractivity contribution is -0.146. The Morgan fingerprint density at radius 1 is 1.35 bits per heavy atom. The second-order valence-electron chi connectivity index (χ2n) is 4.53. The predicted octanol–water partition coefficient (Wildman–Crippen LogP) is 0.634. The van der Waals surface area contributed by atoms with Crippen LogP contribution in [0.25, 0.3) is 0 Å². The number of carboxylic acids is 1. The minimum absolute atomic E-state index is 0.0969. The Labute approximate surface area is 117 Å². The number of aryl methyl sites for hydroxylation is 2. The molecular weight excluding hydrogens is 262 g/mol. The Morgan fingerprint density at radius 2 is 2.05 bits per heavy atom. The monoisotopic (exact) mass is 281 g/mol. The van der Waals surface area contributed by atoms with Crippen LogP contribution in [0.3, 0.4) is 0 Å². The van der Waals surface area contributed by atoms with E-state index in [0.29, 0.717) is 5.75 Å². The fourth-order valence-electron chi connectivity index (χ4n) is 1.60. The number of ether oxygens (including phenoxy) is 1. The summed E-state index contributed by atoms with van der Waals surface area (Å²) in [7, 11) is 0. The zero-order valence-electron chi connectivity index (χ0n) is 11.5. The van der Waals surface area contributed by atoms with E-state index in [-0.39, 0.29) is 25.5 Å². The molecule has 0 radical (unpaired) electrons. The molecule has 0 fully saturated rings. The minimum atomic E-state index is -1.58. The molecule has 0 saturated heterocycles. The lowest BCUT2D eigenvalue weighted by Crippen LogP contribution is -2.36. The summed E-state index contributed by atoms with van der Waals surface area (Å²) >= 11 is 0. The van der Waals surface area contributed by atoms with Gasteiger partial charge >= 0.3 is 5.97 Å². The number of aliphatic carboxylic acids is 1. The number of hydrogen-bond acceptors (Lipinski definition) is 4. The van der Waals surface area contributed by atoms with Crippen molar-refractivity contribution in [2.45, 2.75) is 26.4 Å². The Balaban J connectivity index is 2.30. The molecule has 0 aromatic heterocycles. The Hall–Kier alpha value is -2.08. The number of hydrogen-bond donors (Lipinski definition) is 3. The summed E-state index contributed by atoms with van der Waals surface area (Å²) in [6.07, 6.45) is -1.49. The Kier molecular flexibility index (Phi) is 5.99. The summed E-state index contributed by atoms with van der Waals surface area (Å²) in [4.78, 5) is 21.8. The third-order valence-corrected chi connectivity index (χ3v) is 2.69. The lowest BCUT2D eigenvalue weighted by atomic mass is 10.1. The number of rotatable bonds is 7. The molecule has 1 aromatic carbocycles. The first-order valence-electron chi connectivity index (χ1n) is 6.27. The molecule has 3 N–H and O–H groups in total. The summed E-state index contributed by atoms with van der Waals surface area (Å²) < 4.78 is 5.48. The van der Waals surface area contributed by atoms with Gasteiger partial charge in [-0.1, -0.05) is 17.7 Å². The summed E-state index contributed by atoms with van der Waals surface area (Å²) in [5.74, 6) is -1.01. The number of benzene rings is 1. The van der Waals surface area contributed by atoms with E-state index in [0.717, 1.165) is 11.1 Å². The molecule has 1 aromatic rings. The summed E-state index contributed by atoms with van der Waals surface area (Å²) in [5, 5.41) is 19.8. The number of aliphatic hydroxyl groups is 1. The van der Waals surface area contributed by atoms with E-state index in [9.17, 15) is 9.59 Å². The molecule has 0 heterocycles. The number of nitrogens with one attached hydrogen (secondary N) is 1. The predicted molar refractivity (Wildman–Crippen MR) is 72.7 cm³/mol. The van der Waals surface area contributed by atoms with Crippen LogP contribution in [-0.2, 0) is 9.59 Å². The normalized spacial score (nSPS) is 11.8. The molecule has 1 atom stereocenters. The van der Waals surface area contributed by atoms with E-state index in [1.54, 1.807) is 0 Å². The van der Waals surface area contributed by atoms with Crippen molar-refractivity contribution >= 4 is 11.9 Å². The van der Waals surface area contributed by atoms with Crippen molar-refractivity contribution in [2.75, 3.05) is 13.2 Å². The summed E-state index contributed by atoms with van der Waals surface area (Å²) in [5.41, 5.74) is 2.13. The van der Waals surface area contributed by atoms with Crippen molar-refractivity contribution in [1.82, 2.24) is 5.32 Å². The van der Waals surface area contributed by atoms with Gasteiger partial charge in [0.25, 0.3) is 0 Å². The average Bonchev–Trinajstić information content (AvgIpc) is 2.38. The van der Waals surface area contributed by atoms with Gasteiger partial charge in [0.2, 0.25) is 5.91 Å². The maximum absolute atomic E-state index is 11.4. The SMILES string of the molecule is Cc1ccc(OCCC(=O)NC[C@H](O)C(=O)O)c(C)c1. The van der Waals surface area contributed by atoms with Crippen LogP contribution in [0.4, 0.5) is 0 Å². The quantitative estimate of drug-likeness (QED) is 0.681. The minimum Gasteiger partial charge on any atom is -0.493 e. The molecule has 0 spiro atoms. The van der Waals surface area contributed by atoms with Gasteiger partial charge in [-0.25, -0.2) is 4.79 Å². The van der Waals surface area contributed by atoms with E-state index in [4.69, 9.17) is 14.9 Å². The van der Waals surface area contributed by atoms with Crippen molar-refractivity contribution in [1.29, 1.82) is 0 Å². The largest absolute Gasteiger partial charge is 0.493 e. The van der Waals surface area contributed by atoms with E-state index in [2.05, 4.69) is 5.32 Å². The van der Waals surface area contributed by atoms with Gasteiger partial charge in [-0.2, -0.15) is 0 Å². The van der Waals surface area contributed by atoms with Crippen molar-refractivity contribution < 1.29 is 24.5 Å². The number of amides is 1. The second-order valence-corrected chi connectivity index (χ2v) is 4.53. The van der Waals surface area contributed by atoms with Crippen LogP contribution in [0.2, 0.25) is 0 Å². The van der Waals surface area contributed by atoms with Crippen LogP contribution in [0, 0.1) is 13.8 Å². The molecule has 6 heteroatoms. The van der Waals surface area contributed by atoms with Crippen molar-refractivity contribution in [2.24, 2.45) is 0 Å². The van der Waals surface area contributed by atoms with Gasteiger partial charge < -0.3 is 20.3 Å². The van der Waals surface area contributed by atoms with E-state index < -0.39 is 12.1 Å². The topological polar surface area (TPSA) is 95.9 Å². The second kappa shape index (κ2) is 7.49. The van der Waals surface area contributed by atoms with Crippen molar-refractivity contribution in [3.05, 3.63) is 29.3 Å². The fraction of sp³-hybridized carbons (Fsp3) is 0.429. The van der Waals surface area contributed by atoms with Gasteiger partial charge in [-0.15, -0.1) is 0 Å². The summed E-state index contributed by atoms with van der Waals surface area (Å²) in [6, 6.07) is 5.75. The zero-order chi connectivity index (χ0) is 15.1. The lowest BCUT2D eigenvalue weighted by Gasteiger charge is -2.10. The van der Waals surface area contributed by atoms with Gasteiger partial charge in [0, 0.05) is 0 Å². The van der Waals surface area contributed by atoms with Crippen LogP contribution in [0.5, 0.6) is 5.75 Å². The molecule has 20 heavy (non-hydrogen) atoms. The zero-order valence-corrected chi connectivity index (χ0v) is 11.5. The first kappa shape index (κ1) is 16.0. The van der Waals surface area contributed by atoms with Crippen LogP contribution in [0.1, 0.15) is 17.5 Å². The van der Waals surface area contributed by atoms with E-state index in [1.165, 1.54) is 0 Å². The van der Waals surface area contributed by atoms with Crippen LogP contribution in [0.15, 0.2) is 18.2 Å². The number of carbonyl (C=O) groups excluding carboxylic acids is 1. The Bertz CT molecular complexity index is 486. The molecule has 0 aliphatic carbocycles. The van der Waals surface area contributed by atoms with Gasteiger partial charge in [0.05, 0.1) is 19.6 Å². The standard InChI is InChI=1S/C14H19NO5/c1-9-3-4-12(10(2)7-9)20-6-5-13(17)15-8-11(16)14(18)19/h3-4,7,11,16H,5-6,8H2,1-2H3,(H,15,17)(H,18,19)/t11-/m0/s1. The number of aliphatic hydroxyl groups excluding tert-OH is 1. The van der Waals surface area contributed by atoms with Gasteiger partial charge in [0.1, 0.15) is 5.75 Å². The average molecular weight is 281 g/mol. The molecule has 1 amide bonds.